The molecule has 0 spiro atoms. The zero-order chi connectivity index (χ0) is 20.3. The summed E-state index contributed by atoms with van der Waals surface area (Å²) in [7, 11) is 0. The van der Waals surface area contributed by atoms with Gasteiger partial charge < -0.3 is 14.9 Å². The molecule has 0 saturated carbocycles. The molecule has 0 fully saturated rings. The molecule has 0 bridgehead atoms. The van der Waals surface area contributed by atoms with E-state index in [-0.39, 0.29) is 6.47 Å². The Kier molecular flexibility index (Phi) is 21.2. The number of aliphatic hydroxyl groups is 1. The van der Waals surface area contributed by atoms with E-state index in [1.165, 1.54) is 12.8 Å². The van der Waals surface area contributed by atoms with Gasteiger partial charge in [0.2, 0.25) is 0 Å². The number of hydrogen-bond donors (Lipinski definition) is 2. The Bertz CT molecular complexity index is 378. The third-order valence-electron chi connectivity index (χ3n) is 2.70. The summed E-state index contributed by atoms with van der Waals surface area (Å²) in [6, 6.07) is 7.64. The van der Waals surface area contributed by atoms with Crippen molar-refractivity contribution in [2.24, 2.45) is 5.41 Å². The standard InChI is InChI=1S/C15H24O2.C3H8.C2H6.CH2O2/c1-12(16)13-6-8-14(9-7-13)17-11-5-10-15(2,3)4;1-3-2;1-2;2-1-3/h6-9,12,16H,5,10-11H2,1-4H3;3H2,1-2H3;1-2H3;1H,(H,2,3). The van der Waals surface area contributed by atoms with Crippen molar-refractivity contribution >= 4 is 6.47 Å². The average molecular weight is 357 g/mol. The Hall–Kier alpha value is -1.55. The van der Waals surface area contributed by atoms with Crippen LogP contribution in [-0.4, -0.2) is 23.3 Å². The van der Waals surface area contributed by atoms with Crippen LogP contribution >= 0.6 is 0 Å². The summed E-state index contributed by atoms with van der Waals surface area (Å²) in [5.41, 5.74) is 1.30. The summed E-state index contributed by atoms with van der Waals surface area (Å²) in [4.78, 5) is 8.36. The van der Waals surface area contributed by atoms with Crippen LogP contribution < -0.4 is 4.74 Å². The summed E-state index contributed by atoms with van der Waals surface area (Å²) in [5, 5.41) is 16.3. The van der Waals surface area contributed by atoms with Crippen LogP contribution in [0.4, 0.5) is 0 Å². The molecule has 1 atom stereocenters. The fraction of sp³-hybridized carbons (Fsp3) is 0.667. The van der Waals surface area contributed by atoms with Crippen molar-refractivity contribution in [2.45, 2.75) is 80.8 Å². The number of ether oxygens (including phenoxy) is 1. The Morgan fingerprint density at radius 1 is 1.12 bits per heavy atom. The van der Waals surface area contributed by atoms with Gasteiger partial charge in [-0.3, -0.25) is 4.79 Å². The highest BCUT2D eigenvalue weighted by molar-refractivity contribution is 5.32. The van der Waals surface area contributed by atoms with Crippen molar-refractivity contribution in [3.8, 4) is 5.75 Å². The van der Waals surface area contributed by atoms with Crippen molar-refractivity contribution in [3.05, 3.63) is 29.8 Å². The summed E-state index contributed by atoms with van der Waals surface area (Å²) in [5.74, 6) is 0.878. The van der Waals surface area contributed by atoms with E-state index in [2.05, 4.69) is 34.6 Å². The molecule has 0 aromatic heterocycles. The number of benzene rings is 1. The van der Waals surface area contributed by atoms with Crippen LogP contribution in [0.25, 0.3) is 0 Å². The van der Waals surface area contributed by atoms with Crippen molar-refractivity contribution in [3.63, 3.8) is 0 Å². The minimum absolute atomic E-state index is 0.250. The molecule has 0 aliphatic heterocycles. The first-order chi connectivity index (χ1) is 11.7. The molecule has 148 valence electrons. The topological polar surface area (TPSA) is 66.8 Å². The second-order valence-corrected chi connectivity index (χ2v) is 6.57. The monoisotopic (exact) mass is 356 g/mol. The third kappa shape index (κ3) is 22.4. The lowest BCUT2D eigenvalue weighted by Gasteiger charge is -2.17. The molecule has 25 heavy (non-hydrogen) atoms. The van der Waals surface area contributed by atoms with Crippen LogP contribution in [0, 0.1) is 5.41 Å². The summed E-state index contributed by atoms with van der Waals surface area (Å²) in [6.45, 7) is 17.2. The van der Waals surface area contributed by atoms with Gasteiger partial charge in [-0.05, 0) is 42.9 Å². The predicted octanol–water partition coefficient (Wildman–Crippen LogP) is 6.09. The molecule has 0 aliphatic carbocycles. The second-order valence-electron chi connectivity index (χ2n) is 6.57. The maximum absolute atomic E-state index is 9.38. The van der Waals surface area contributed by atoms with Crippen molar-refractivity contribution in [1.82, 2.24) is 0 Å². The van der Waals surface area contributed by atoms with E-state index in [1.807, 2.05) is 38.1 Å². The van der Waals surface area contributed by atoms with Gasteiger partial charge >= 0.3 is 0 Å². The molecule has 0 radical (unpaired) electrons. The first-order valence-electron chi connectivity index (χ1n) is 9.20. The second kappa shape index (κ2) is 18.8. The van der Waals surface area contributed by atoms with Gasteiger partial charge in [-0.2, -0.15) is 0 Å². The Labute approximate surface area is 155 Å². The first kappa shape index (κ1) is 28.3. The number of carboxylic acid groups (broad SMARTS) is 1. The molecule has 1 aromatic rings. The zero-order valence-electron chi connectivity index (χ0n) is 17.5. The lowest BCUT2D eigenvalue weighted by molar-refractivity contribution is -0.122. The fourth-order valence-corrected chi connectivity index (χ4v) is 1.64. The highest BCUT2D eigenvalue weighted by Crippen LogP contribution is 2.21. The van der Waals surface area contributed by atoms with Crippen LogP contribution in [0.3, 0.4) is 0 Å². The summed E-state index contributed by atoms with van der Waals surface area (Å²) >= 11 is 0. The molecule has 0 amide bonds. The van der Waals surface area contributed by atoms with Crippen molar-refractivity contribution in [2.75, 3.05) is 6.61 Å². The number of hydrogen-bond acceptors (Lipinski definition) is 3. The van der Waals surface area contributed by atoms with Crippen LogP contribution in [0.2, 0.25) is 0 Å². The van der Waals surface area contributed by atoms with Crippen LogP contribution in [-0.2, 0) is 4.79 Å². The van der Waals surface area contributed by atoms with E-state index in [4.69, 9.17) is 14.6 Å². The lowest BCUT2D eigenvalue weighted by atomic mass is 9.91. The van der Waals surface area contributed by atoms with Crippen molar-refractivity contribution < 1.29 is 19.7 Å². The van der Waals surface area contributed by atoms with E-state index in [1.54, 1.807) is 6.92 Å². The predicted molar refractivity (Wildman–Crippen MR) is 107 cm³/mol. The Balaban J connectivity index is -0.000000517. The highest BCUT2D eigenvalue weighted by Gasteiger charge is 2.09. The maximum atomic E-state index is 9.38. The van der Waals surface area contributed by atoms with Gasteiger partial charge in [0, 0.05) is 0 Å². The van der Waals surface area contributed by atoms with Gasteiger partial charge in [0.05, 0.1) is 12.7 Å². The highest BCUT2D eigenvalue weighted by atomic mass is 16.5. The molecule has 0 heterocycles. The number of carbonyl (C=O) groups is 1. The van der Waals surface area contributed by atoms with Crippen LogP contribution in [0.5, 0.6) is 5.75 Å². The van der Waals surface area contributed by atoms with E-state index in [0.29, 0.717) is 5.41 Å². The Morgan fingerprint density at radius 2 is 1.52 bits per heavy atom. The minimum atomic E-state index is -0.412. The molecule has 2 N–H and O–H groups in total. The number of aliphatic hydroxyl groups excluding tert-OH is 1. The smallest absolute Gasteiger partial charge is 0.290 e. The molecule has 1 unspecified atom stereocenters. The maximum Gasteiger partial charge on any atom is 0.290 e. The van der Waals surface area contributed by atoms with Gasteiger partial charge in [0.1, 0.15) is 5.75 Å². The summed E-state index contributed by atoms with van der Waals surface area (Å²) < 4.78 is 5.65. The quantitative estimate of drug-likeness (QED) is 0.495. The molecule has 0 saturated heterocycles. The molecule has 4 nitrogen and oxygen atoms in total. The van der Waals surface area contributed by atoms with Crippen LogP contribution in [0.15, 0.2) is 24.3 Å². The van der Waals surface area contributed by atoms with Gasteiger partial charge in [-0.15, -0.1) is 0 Å². The molecular formula is C21H40O4. The zero-order valence-corrected chi connectivity index (χ0v) is 17.5. The molecule has 1 rings (SSSR count). The molecule has 1 aromatic carbocycles. The van der Waals surface area contributed by atoms with E-state index < -0.39 is 6.10 Å². The molecular weight excluding hydrogens is 316 g/mol. The average Bonchev–Trinajstić information content (AvgIpc) is 2.54. The summed E-state index contributed by atoms with van der Waals surface area (Å²) in [6.07, 6.45) is 3.07. The number of rotatable bonds is 5. The van der Waals surface area contributed by atoms with E-state index in [0.717, 1.165) is 24.3 Å². The Morgan fingerprint density at radius 3 is 1.84 bits per heavy atom. The van der Waals surface area contributed by atoms with Crippen LogP contribution in [0.1, 0.15) is 86.3 Å². The SMILES string of the molecule is CC.CC(O)c1ccc(OCCCC(C)(C)C)cc1.CCC.O=CO. The van der Waals surface area contributed by atoms with E-state index >= 15 is 0 Å². The van der Waals surface area contributed by atoms with Gasteiger partial charge in [-0.1, -0.05) is 67.0 Å². The molecule has 0 aliphatic rings. The van der Waals surface area contributed by atoms with E-state index in [9.17, 15) is 5.11 Å². The van der Waals surface area contributed by atoms with Gasteiger partial charge in [-0.25, -0.2) is 0 Å². The largest absolute Gasteiger partial charge is 0.494 e. The fourth-order valence-electron chi connectivity index (χ4n) is 1.64. The van der Waals surface area contributed by atoms with Gasteiger partial charge in [0.25, 0.3) is 6.47 Å². The minimum Gasteiger partial charge on any atom is -0.494 e. The van der Waals surface area contributed by atoms with Gasteiger partial charge in [0.15, 0.2) is 0 Å². The lowest BCUT2D eigenvalue weighted by Crippen LogP contribution is -2.07. The third-order valence-corrected chi connectivity index (χ3v) is 2.70. The molecule has 4 heteroatoms. The normalized spacial score (nSPS) is 10.6. The first-order valence-corrected chi connectivity index (χ1v) is 9.20. The van der Waals surface area contributed by atoms with Crippen molar-refractivity contribution in [1.29, 1.82) is 0 Å².